The highest BCUT2D eigenvalue weighted by molar-refractivity contribution is 5.81. The predicted octanol–water partition coefficient (Wildman–Crippen LogP) is 13.7. The fraction of sp³-hybridized carbons (Fsp3) is 0.827. The quantitative estimate of drug-likeness (QED) is 0.0473. The first-order valence-corrected chi connectivity index (χ1v) is 25.1. The van der Waals surface area contributed by atoms with Gasteiger partial charge in [-0.05, 0) is 96.4 Å². The van der Waals surface area contributed by atoms with Gasteiger partial charge in [0.15, 0.2) is 0 Å². The molecule has 0 bridgehead atoms. The molecule has 4 N–H and O–H groups in total. The van der Waals surface area contributed by atoms with Crippen molar-refractivity contribution < 1.29 is 14.3 Å². The Morgan fingerprint density at radius 1 is 0.517 bits per heavy atom. The third kappa shape index (κ3) is 34.0. The van der Waals surface area contributed by atoms with E-state index >= 15 is 0 Å². The van der Waals surface area contributed by atoms with Crippen LogP contribution in [0.15, 0.2) is 48.6 Å². The molecule has 6 heteroatoms. The van der Waals surface area contributed by atoms with E-state index in [0.29, 0.717) is 38.0 Å². The highest BCUT2D eigenvalue weighted by Gasteiger charge is 2.36. The second kappa shape index (κ2) is 43.4. The molecule has 6 nitrogen and oxygen atoms in total. The number of carbonyl (C=O) groups is 1. The van der Waals surface area contributed by atoms with Crippen LogP contribution >= 0.6 is 0 Å². The lowest BCUT2D eigenvalue weighted by Crippen LogP contribution is -2.43. The van der Waals surface area contributed by atoms with Gasteiger partial charge in [0, 0.05) is 38.1 Å². The van der Waals surface area contributed by atoms with Crippen LogP contribution in [0.2, 0.25) is 0 Å². The summed E-state index contributed by atoms with van der Waals surface area (Å²) < 4.78 is 12.5. The molecule has 0 aliphatic carbocycles. The number of ether oxygens (including phenoxy) is 2. The van der Waals surface area contributed by atoms with Crippen molar-refractivity contribution in [3.05, 3.63) is 48.6 Å². The molecule has 1 saturated heterocycles. The van der Waals surface area contributed by atoms with Gasteiger partial charge in [0.25, 0.3) is 0 Å². The summed E-state index contributed by atoms with van der Waals surface area (Å²) in [6.07, 6.45) is 57.0. The zero-order chi connectivity index (χ0) is 41.8. The smallest absolute Gasteiger partial charge is 0.239 e. The van der Waals surface area contributed by atoms with Crippen LogP contribution in [-0.2, 0) is 14.3 Å². The van der Waals surface area contributed by atoms with E-state index in [4.69, 9.17) is 20.9 Å². The largest absolute Gasteiger partial charge is 0.381 e. The number of hydrogen-bond donors (Lipinski definition) is 2. The summed E-state index contributed by atoms with van der Waals surface area (Å²) >= 11 is 0. The van der Waals surface area contributed by atoms with E-state index in [9.17, 15) is 4.79 Å². The maximum absolute atomic E-state index is 13.2. The lowest BCUT2D eigenvalue weighted by atomic mass is 9.98. The molecule has 1 aliphatic heterocycles. The average Bonchev–Trinajstić information content (AvgIpc) is 3.64. The van der Waals surface area contributed by atoms with Crippen LogP contribution in [0.4, 0.5) is 0 Å². The molecule has 0 aromatic rings. The molecule has 1 heterocycles. The predicted molar refractivity (Wildman–Crippen MR) is 253 cm³/mol. The van der Waals surface area contributed by atoms with Crippen molar-refractivity contribution in [1.82, 2.24) is 4.90 Å². The maximum atomic E-state index is 13.2. The number of likely N-dealkylation sites (tertiary alicyclic amines) is 1. The number of hydrogen-bond acceptors (Lipinski definition) is 5. The Bertz CT molecular complexity index is 930. The lowest BCUT2D eigenvalue weighted by molar-refractivity contribution is -0.132. The molecule has 58 heavy (non-hydrogen) atoms. The minimum atomic E-state index is -0.434. The zero-order valence-corrected chi connectivity index (χ0v) is 38.5. The summed E-state index contributed by atoms with van der Waals surface area (Å²) in [6.45, 7) is 9.67. The van der Waals surface area contributed by atoms with Gasteiger partial charge in [0.05, 0.1) is 19.3 Å². The topological polar surface area (TPSA) is 90.8 Å². The molecule has 1 aliphatic rings. The number of allylic oxidation sites excluding steroid dienone is 8. The van der Waals surface area contributed by atoms with Crippen molar-refractivity contribution >= 4 is 5.91 Å². The summed E-state index contributed by atoms with van der Waals surface area (Å²) in [6, 6.07) is -0.434. The van der Waals surface area contributed by atoms with Crippen molar-refractivity contribution in [2.75, 3.05) is 46.1 Å². The van der Waals surface area contributed by atoms with Crippen LogP contribution in [0.1, 0.15) is 213 Å². The van der Waals surface area contributed by atoms with E-state index in [1.54, 1.807) is 0 Å². The first-order valence-electron chi connectivity index (χ1n) is 25.1. The molecule has 0 saturated carbocycles. The molecule has 1 rings (SSSR count). The lowest BCUT2D eigenvalue weighted by Gasteiger charge is -2.21. The van der Waals surface area contributed by atoms with Crippen molar-refractivity contribution in [2.24, 2.45) is 23.3 Å². The second-order valence-corrected chi connectivity index (χ2v) is 17.4. The van der Waals surface area contributed by atoms with Gasteiger partial charge >= 0.3 is 0 Å². The summed E-state index contributed by atoms with van der Waals surface area (Å²) in [5, 5.41) is 0. The molecule has 0 spiro atoms. The molecule has 3 atom stereocenters. The van der Waals surface area contributed by atoms with E-state index in [0.717, 1.165) is 64.8 Å². The van der Waals surface area contributed by atoms with E-state index in [1.165, 1.54) is 154 Å². The fourth-order valence-electron chi connectivity index (χ4n) is 7.92. The SMILES string of the molecule is CCCCCC=CCC=CCCCCCCCCCCOCC1CN(C(=O)[C@@H](N)CCCCN)C[C@H]1COCCCCCCCCCCC=CCC=CCCCCC. The second-order valence-electron chi connectivity index (χ2n) is 17.4. The van der Waals surface area contributed by atoms with Crippen molar-refractivity contribution in [1.29, 1.82) is 0 Å². The Hall–Kier alpha value is -1.73. The Balaban J connectivity index is 2.16. The number of rotatable bonds is 43. The third-order valence-electron chi connectivity index (χ3n) is 11.8. The average molecular weight is 812 g/mol. The molecule has 1 unspecified atom stereocenters. The van der Waals surface area contributed by atoms with Gasteiger partial charge in [0.1, 0.15) is 0 Å². The summed E-state index contributed by atoms with van der Waals surface area (Å²) in [4.78, 5) is 15.2. The zero-order valence-electron chi connectivity index (χ0n) is 38.5. The summed E-state index contributed by atoms with van der Waals surface area (Å²) in [7, 11) is 0. The molecule has 0 aromatic carbocycles. The minimum Gasteiger partial charge on any atom is -0.381 e. The molecular weight excluding hydrogens is 715 g/mol. The van der Waals surface area contributed by atoms with Gasteiger partial charge in [0.2, 0.25) is 5.91 Å². The monoisotopic (exact) mass is 812 g/mol. The highest BCUT2D eigenvalue weighted by atomic mass is 16.5. The van der Waals surface area contributed by atoms with Gasteiger partial charge in [-0.1, -0.05) is 172 Å². The Labute approximate surface area is 360 Å². The summed E-state index contributed by atoms with van der Waals surface area (Å²) in [5.74, 6) is 0.712. The van der Waals surface area contributed by atoms with Gasteiger partial charge in [-0.3, -0.25) is 4.79 Å². The van der Waals surface area contributed by atoms with Gasteiger partial charge in [-0.25, -0.2) is 0 Å². The van der Waals surface area contributed by atoms with Crippen LogP contribution in [0, 0.1) is 11.8 Å². The Morgan fingerprint density at radius 3 is 1.26 bits per heavy atom. The van der Waals surface area contributed by atoms with Crippen molar-refractivity contribution in [2.45, 2.75) is 219 Å². The third-order valence-corrected chi connectivity index (χ3v) is 11.8. The number of amides is 1. The number of unbranched alkanes of at least 4 members (excludes halogenated alkanes) is 23. The Morgan fingerprint density at radius 2 is 0.879 bits per heavy atom. The van der Waals surface area contributed by atoms with E-state index < -0.39 is 6.04 Å². The van der Waals surface area contributed by atoms with Crippen LogP contribution in [-0.4, -0.2) is 62.9 Å². The van der Waals surface area contributed by atoms with Gasteiger partial charge in [-0.2, -0.15) is 0 Å². The number of carbonyl (C=O) groups excluding carboxylic acids is 1. The van der Waals surface area contributed by atoms with Crippen LogP contribution in [0.5, 0.6) is 0 Å². The van der Waals surface area contributed by atoms with E-state index in [1.807, 2.05) is 4.90 Å². The normalized spacial score (nSPS) is 16.7. The van der Waals surface area contributed by atoms with Crippen molar-refractivity contribution in [3.63, 3.8) is 0 Å². The molecule has 0 aromatic heterocycles. The van der Waals surface area contributed by atoms with E-state index in [-0.39, 0.29) is 5.91 Å². The van der Waals surface area contributed by atoms with Gasteiger partial charge in [-0.15, -0.1) is 0 Å². The number of nitrogens with zero attached hydrogens (tertiary/aromatic N) is 1. The molecule has 338 valence electrons. The standard InChI is InChI=1S/C52H97N3O3/c1-3-5-7-9-11-13-15-17-19-21-23-25-27-29-31-33-35-39-43-57-47-49-45-55(52(56)51(54)41-37-38-42-53)46-50(49)48-58-44-40-36-34-32-30-28-26-24-22-20-18-16-14-12-10-8-6-4-2/h11-14,17-20,49-51H,3-10,15-16,21-48,53-54H2,1-2H3/t49-,50?,51-/m0/s1. The number of nitrogens with two attached hydrogens (primary N) is 2. The molecule has 0 radical (unpaired) electrons. The highest BCUT2D eigenvalue weighted by Crippen LogP contribution is 2.26. The maximum Gasteiger partial charge on any atom is 0.239 e. The van der Waals surface area contributed by atoms with Crippen LogP contribution < -0.4 is 11.5 Å². The first-order chi connectivity index (χ1) is 28.6. The summed E-state index contributed by atoms with van der Waals surface area (Å²) in [5.41, 5.74) is 12.0. The van der Waals surface area contributed by atoms with E-state index in [2.05, 4.69) is 62.5 Å². The van der Waals surface area contributed by atoms with Crippen LogP contribution in [0.3, 0.4) is 0 Å². The van der Waals surface area contributed by atoms with Crippen molar-refractivity contribution in [3.8, 4) is 0 Å². The van der Waals surface area contributed by atoms with Crippen LogP contribution in [0.25, 0.3) is 0 Å². The van der Waals surface area contributed by atoms with Gasteiger partial charge < -0.3 is 25.8 Å². The molecule has 1 fully saturated rings. The first kappa shape index (κ1) is 54.3. The Kier molecular flexibility index (Phi) is 40.6. The molecule has 1 amide bonds. The molecular formula is C52H97N3O3. The minimum absolute atomic E-state index is 0.0827. The fourth-order valence-corrected chi connectivity index (χ4v) is 7.92.